The van der Waals surface area contributed by atoms with E-state index >= 15 is 0 Å². The molecule has 1 rings (SSSR count). The molecular formula is C10H14N2O2. The van der Waals surface area contributed by atoms with Crippen molar-refractivity contribution in [3.63, 3.8) is 0 Å². The Kier molecular flexibility index (Phi) is 3.48. The molecule has 1 unspecified atom stereocenters. The second-order valence-electron chi connectivity index (χ2n) is 3.18. The molecule has 0 aliphatic rings. The lowest BCUT2D eigenvalue weighted by molar-refractivity contribution is 0.0924. The topological polar surface area (TPSA) is 75.3 Å². The van der Waals surface area contributed by atoms with Crippen LogP contribution < -0.4 is 11.1 Å². The van der Waals surface area contributed by atoms with Crippen molar-refractivity contribution in [2.75, 3.05) is 12.3 Å². The van der Waals surface area contributed by atoms with E-state index in [1.807, 2.05) is 0 Å². The van der Waals surface area contributed by atoms with Gasteiger partial charge in [0.05, 0.1) is 6.10 Å². The Morgan fingerprint density at radius 3 is 2.57 bits per heavy atom. The highest BCUT2D eigenvalue weighted by molar-refractivity contribution is 5.94. The number of anilines is 1. The molecule has 1 amide bonds. The number of rotatable bonds is 3. The number of aliphatic hydroxyl groups excluding tert-OH is 1. The molecule has 4 N–H and O–H groups in total. The number of hydrogen-bond donors (Lipinski definition) is 3. The Labute approximate surface area is 82.7 Å². The zero-order valence-electron chi connectivity index (χ0n) is 8.03. The third-order valence-electron chi connectivity index (χ3n) is 1.73. The van der Waals surface area contributed by atoms with Gasteiger partial charge in [0.1, 0.15) is 0 Å². The van der Waals surface area contributed by atoms with Crippen LogP contribution in [0.1, 0.15) is 17.3 Å². The van der Waals surface area contributed by atoms with E-state index in [1.165, 1.54) is 0 Å². The fourth-order valence-electron chi connectivity index (χ4n) is 0.977. The lowest BCUT2D eigenvalue weighted by Gasteiger charge is -2.06. The van der Waals surface area contributed by atoms with Gasteiger partial charge in [0.25, 0.3) is 5.91 Å². The highest BCUT2D eigenvalue weighted by Crippen LogP contribution is 2.04. The Morgan fingerprint density at radius 1 is 1.50 bits per heavy atom. The second kappa shape index (κ2) is 4.62. The Bertz CT molecular complexity index is 306. The molecule has 4 heteroatoms. The first-order valence-electron chi connectivity index (χ1n) is 4.41. The molecule has 0 bridgehead atoms. The van der Waals surface area contributed by atoms with E-state index in [-0.39, 0.29) is 12.5 Å². The predicted molar refractivity (Wildman–Crippen MR) is 54.9 cm³/mol. The van der Waals surface area contributed by atoms with Gasteiger partial charge in [-0.05, 0) is 31.2 Å². The van der Waals surface area contributed by atoms with E-state index in [4.69, 9.17) is 10.8 Å². The van der Waals surface area contributed by atoms with E-state index in [2.05, 4.69) is 5.32 Å². The summed E-state index contributed by atoms with van der Waals surface area (Å²) < 4.78 is 0. The molecule has 0 heterocycles. The number of amides is 1. The van der Waals surface area contributed by atoms with Gasteiger partial charge in [-0.3, -0.25) is 4.79 Å². The summed E-state index contributed by atoms with van der Waals surface area (Å²) in [5.74, 6) is -0.203. The molecule has 0 aliphatic carbocycles. The Hall–Kier alpha value is -1.55. The number of carbonyl (C=O) groups is 1. The van der Waals surface area contributed by atoms with Gasteiger partial charge < -0.3 is 16.2 Å². The van der Waals surface area contributed by atoms with Gasteiger partial charge in [-0.15, -0.1) is 0 Å². The normalized spacial score (nSPS) is 12.1. The molecule has 0 aromatic heterocycles. The molecule has 76 valence electrons. The maximum absolute atomic E-state index is 11.4. The van der Waals surface area contributed by atoms with Crippen LogP contribution in [0.4, 0.5) is 5.69 Å². The van der Waals surface area contributed by atoms with E-state index in [1.54, 1.807) is 31.2 Å². The summed E-state index contributed by atoms with van der Waals surface area (Å²) in [6.45, 7) is 1.87. The Balaban J connectivity index is 2.57. The van der Waals surface area contributed by atoms with Crippen molar-refractivity contribution < 1.29 is 9.90 Å². The van der Waals surface area contributed by atoms with Crippen LogP contribution in [0, 0.1) is 0 Å². The SMILES string of the molecule is CC(O)CNC(=O)c1ccc(N)cc1. The van der Waals surface area contributed by atoms with Crippen LogP contribution >= 0.6 is 0 Å². The van der Waals surface area contributed by atoms with Crippen LogP contribution in [0.15, 0.2) is 24.3 Å². The van der Waals surface area contributed by atoms with Crippen LogP contribution in [-0.4, -0.2) is 23.7 Å². The van der Waals surface area contributed by atoms with Crippen molar-refractivity contribution in [1.82, 2.24) is 5.32 Å². The maximum Gasteiger partial charge on any atom is 0.251 e. The first-order chi connectivity index (χ1) is 6.59. The third kappa shape index (κ3) is 3.06. The van der Waals surface area contributed by atoms with Gasteiger partial charge >= 0.3 is 0 Å². The summed E-state index contributed by atoms with van der Waals surface area (Å²) in [6.07, 6.45) is -0.535. The molecule has 0 aliphatic heterocycles. The lowest BCUT2D eigenvalue weighted by atomic mass is 10.2. The van der Waals surface area contributed by atoms with Crippen molar-refractivity contribution in [3.8, 4) is 0 Å². The monoisotopic (exact) mass is 194 g/mol. The van der Waals surface area contributed by atoms with Gasteiger partial charge in [0, 0.05) is 17.8 Å². The molecule has 0 fully saturated rings. The van der Waals surface area contributed by atoms with E-state index in [0.717, 1.165) is 0 Å². The number of carbonyl (C=O) groups excluding carboxylic acids is 1. The molecule has 0 spiro atoms. The van der Waals surface area contributed by atoms with Gasteiger partial charge in [-0.1, -0.05) is 0 Å². The predicted octanol–water partition coefficient (Wildman–Crippen LogP) is 0.379. The quantitative estimate of drug-likeness (QED) is 0.609. The molecule has 1 aromatic carbocycles. The highest BCUT2D eigenvalue weighted by Gasteiger charge is 2.05. The fourth-order valence-corrected chi connectivity index (χ4v) is 0.977. The third-order valence-corrected chi connectivity index (χ3v) is 1.73. The molecule has 1 aromatic rings. The van der Waals surface area contributed by atoms with Crippen LogP contribution in [0.2, 0.25) is 0 Å². The summed E-state index contributed by atoms with van der Waals surface area (Å²) >= 11 is 0. The van der Waals surface area contributed by atoms with E-state index < -0.39 is 6.10 Å². The summed E-state index contributed by atoms with van der Waals surface area (Å²) in [4.78, 5) is 11.4. The molecule has 14 heavy (non-hydrogen) atoms. The summed E-state index contributed by atoms with van der Waals surface area (Å²) in [6, 6.07) is 6.62. The average Bonchev–Trinajstić information content (AvgIpc) is 2.15. The molecule has 0 saturated carbocycles. The van der Waals surface area contributed by atoms with Gasteiger partial charge in [-0.25, -0.2) is 0 Å². The number of nitrogens with two attached hydrogens (primary N) is 1. The first kappa shape index (κ1) is 10.5. The van der Waals surface area contributed by atoms with Crippen molar-refractivity contribution in [1.29, 1.82) is 0 Å². The number of nitrogens with one attached hydrogen (secondary N) is 1. The number of aliphatic hydroxyl groups is 1. The molecule has 4 nitrogen and oxygen atoms in total. The summed E-state index contributed by atoms with van der Waals surface area (Å²) in [7, 11) is 0. The number of hydrogen-bond acceptors (Lipinski definition) is 3. The second-order valence-corrected chi connectivity index (χ2v) is 3.18. The van der Waals surface area contributed by atoms with Gasteiger partial charge in [0.15, 0.2) is 0 Å². The standard InChI is InChI=1S/C10H14N2O2/c1-7(13)6-12-10(14)8-2-4-9(11)5-3-8/h2-5,7,13H,6,11H2,1H3,(H,12,14). The summed E-state index contributed by atoms with van der Waals surface area (Å²) in [5.41, 5.74) is 6.64. The van der Waals surface area contributed by atoms with Crippen molar-refractivity contribution in [2.24, 2.45) is 0 Å². The van der Waals surface area contributed by atoms with Gasteiger partial charge in [-0.2, -0.15) is 0 Å². The zero-order chi connectivity index (χ0) is 10.6. The maximum atomic E-state index is 11.4. The van der Waals surface area contributed by atoms with E-state index in [0.29, 0.717) is 11.3 Å². The average molecular weight is 194 g/mol. The molecular weight excluding hydrogens is 180 g/mol. The largest absolute Gasteiger partial charge is 0.399 e. The molecule has 1 atom stereocenters. The zero-order valence-corrected chi connectivity index (χ0v) is 8.03. The fraction of sp³-hybridized carbons (Fsp3) is 0.300. The Morgan fingerprint density at radius 2 is 2.07 bits per heavy atom. The smallest absolute Gasteiger partial charge is 0.251 e. The lowest BCUT2D eigenvalue weighted by Crippen LogP contribution is -2.30. The molecule has 0 radical (unpaired) electrons. The minimum Gasteiger partial charge on any atom is -0.399 e. The van der Waals surface area contributed by atoms with Crippen molar-refractivity contribution in [2.45, 2.75) is 13.0 Å². The highest BCUT2D eigenvalue weighted by atomic mass is 16.3. The number of benzene rings is 1. The van der Waals surface area contributed by atoms with Gasteiger partial charge in [0.2, 0.25) is 0 Å². The van der Waals surface area contributed by atoms with Crippen LogP contribution in [0.5, 0.6) is 0 Å². The summed E-state index contributed by atoms with van der Waals surface area (Å²) in [5, 5.41) is 11.5. The molecule has 0 saturated heterocycles. The van der Waals surface area contributed by atoms with E-state index in [9.17, 15) is 4.79 Å². The number of nitrogen functional groups attached to an aromatic ring is 1. The first-order valence-corrected chi connectivity index (χ1v) is 4.41. The minimum absolute atomic E-state index is 0.203. The minimum atomic E-state index is -0.535. The van der Waals surface area contributed by atoms with Crippen LogP contribution in [0.3, 0.4) is 0 Å². The van der Waals surface area contributed by atoms with Crippen LogP contribution in [-0.2, 0) is 0 Å². The van der Waals surface area contributed by atoms with Crippen molar-refractivity contribution in [3.05, 3.63) is 29.8 Å². The van der Waals surface area contributed by atoms with Crippen molar-refractivity contribution >= 4 is 11.6 Å². The van der Waals surface area contributed by atoms with Crippen LogP contribution in [0.25, 0.3) is 0 Å².